The highest BCUT2D eigenvalue weighted by atomic mass is 16.4. The van der Waals surface area contributed by atoms with Gasteiger partial charge >= 0.3 is 5.97 Å². The summed E-state index contributed by atoms with van der Waals surface area (Å²) in [5, 5.41) is 9.46. The minimum absolute atomic E-state index is 0.142. The zero-order valence-electron chi connectivity index (χ0n) is 13.2. The van der Waals surface area contributed by atoms with Crippen LogP contribution in [0.1, 0.15) is 39.0 Å². The molecule has 4 nitrogen and oxygen atoms in total. The molecule has 1 N–H and O–H groups in total. The Morgan fingerprint density at radius 3 is 2.40 bits per heavy atom. The maximum Gasteiger partial charge on any atom is 0.308 e. The van der Waals surface area contributed by atoms with Gasteiger partial charge in [-0.2, -0.15) is 0 Å². The van der Waals surface area contributed by atoms with Crippen molar-refractivity contribution < 1.29 is 9.90 Å². The van der Waals surface area contributed by atoms with E-state index in [4.69, 9.17) is 0 Å². The molecule has 3 unspecified atom stereocenters. The molecule has 0 radical (unpaired) electrons. The summed E-state index contributed by atoms with van der Waals surface area (Å²) in [6.07, 6.45) is 5.43. The Hall–Kier alpha value is -0.610. The Morgan fingerprint density at radius 1 is 1.20 bits per heavy atom. The molecule has 1 aliphatic heterocycles. The van der Waals surface area contributed by atoms with E-state index in [9.17, 15) is 9.90 Å². The fourth-order valence-corrected chi connectivity index (χ4v) is 4.03. The van der Waals surface area contributed by atoms with Crippen molar-refractivity contribution in [2.24, 2.45) is 17.8 Å². The van der Waals surface area contributed by atoms with E-state index in [1.54, 1.807) is 0 Å². The molecule has 3 atom stereocenters. The maximum atomic E-state index is 11.5. The van der Waals surface area contributed by atoms with Crippen LogP contribution in [0.3, 0.4) is 0 Å². The molecule has 20 heavy (non-hydrogen) atoms. The van der Waals surface area contributed by atoms with Gasteiger partial charge in [-0.05, 0) is 71.1 Å². The summed E-state index contributed by atoms with van der Waals surface area (Å²) in [5.41, 5.74) is 0. The highest BCUT2D eigenvalue weighted by Crippen LogP contribution is 2.34. The number of carboxylic acids is 1. The van der Waals surface area contributed by atoms with Gasteiger partial charge in [0.15, 0.2) is 0 Å². The summed E-state index contributed by atoms with van der Waals surface area (Å²) in [4.78, 5) is 16.2. The first-order chi connectivity index (χ1) is 9.47. The molecule has 0 aromatic rings. The van der Waals surface area contributed by atoms with Crippen molar-refractivity contribution in [3.05, 3.63) is 0 Å². The second-order valence-electron chi connectivity index (χ2n) is 7.17. The van der Waals surface area contributed by atoms with E-state index in [1.807, 2.05) is 0 Å². The molecule has 116 valence electrons. The van der Waals surface area contributed by atoms with Crippen LogP contribution in [0, 0.1) is 17.8 Å². The first kappa shape index (κ1) is 15.8. The number of hydrogen-bond acceptors (Lipinski definition) is 3. The van der Waals surface area contributed by atoms with Crippen LogP contribution in [0.25, 0.3) is 0 Å². The van der Waals surface area contributed by atoms with E-state index >= 15 is 0 Å². The van der Waals surface area contributed by atoms with Crippen LogP contribution < -0.4 is 0 Å². The van der Waals surface area contributed by atoms with Gasteiger partial charge < -0.3 is 10.0 Å². The van der Waals surface area contributed by atoms with Crippen molar-refractivity contribution in [1.82, 2.24) is 9.80 Å². The SMILES string of the molecule is CC1CCC(C(=O)O)C(N2CCC(CN(C)C)CC2)C1. The predicted octanol–water partition coefficient (Wildman–Crippen LogP) is 2.15. The molecule has 1 saturated carbocycles. The van der Waals surface area contributed by atoms with Gasteiger partial charge in [-0.3, -0.25) is 9.69 Å². The summed E-state index contributed by atoms with van der Waals surface area (Å²) in [6.45, 7) is 5.60. The predicted molar refractivity (Wildman–Crippen MR) is 80.8 cm³/mol. The van der Waals surface area contributed by atoms with Crippen LogP contribution in [0.5, 0.6) is 0 Å². The monoisotopic (exact) mass is 282 g/mol. The van der Waals surface area contributed by atoms with E-state index in [0.29, 0.717) is 5.92 Å². The standard InChI is InChI=1S/C16H30N2O2/c1-12-4-5-14(16(19)20)15(10-12)18-8-6-13(7-9-18)11-17(2)3/h12-15H,4-11H2,1-3H3,(H,19,20). The van der Waals surface area contributed by atoms with E-state index in [2.05, 4.69) is 30.8 Å². The maximum absolute atomic E-state index is 11.5. The minimum atomic E-state index is -0.586. The number of likely N-dealkylation sites (tertiary alicyclic amines) is 1. The molecule has 1 heterocycles. The van der Waals surface area contributed by atoms with Gasteiger partial charge in [0, 0.05) is 12.6 Å². The Labute approximate surface area is 123 Å². The van der Waals surface area contributed by atoms with E-state index in [-0.39, 0.29) is 12.0 Å². The van der Waals surface area contributed by atoms with Crippen molar-refractivity contribution in [3.8, 4) is 0 Å². The van der Waals surface area contributed by atoms with Crippen molar-refractivity contribution in [2.75, 3.05) is 33.7 Å². The van der Waals surface area contributed by atoms with E-state index in [0.717, 1.165) is 44.8 Å². The van der Waals surface area contributed by atoms with Crippen molar-refractivity contribution in [3.63, 3.8) is 0 Å². The van der Waals surface area contributed by atoms with Crippen molar-refractivity contribution in [1.29, 1.82) is 0 Å². The zero-order chi connectivity index (χ0) is 14.7. The summed E-state index contributed by atoms with van der Waals surface area (Å²) >= 11 is 0. The molecular weight excluding hydrogens is 252 g/mol. The minimum Gasteiger partial charge on any atom is -0.481 e. The molecule has 4 heteroatoms. The fourth-order valence-electron chi connectivity index (χ4n) is 4.03. The van der Waals surface area contributed by atoms with Gasteiger partial charge in [0.2, 0.25) is 0 Å². The average Bonchev–Trinajstić information content (AvgIpc) is 2.38. The average molecular weight is 282 g/mol. The Kier molecular flexibility index (Phi) is 5.44. The number of carbonyl (C=O) groups is 1. The highest BCUT2D eigenvalue weighted by molar-refractivity contribution is 5.71. The van der Waals surface area contributed by atoms with Crippen LogP contribution in [0.2, 0.25) is 0 Å². The second-order valence-corrected chi connectivity index (χ2v) is 7.17. The summed E-state index contributed by atoms with van der Waals surface area (Å²) in [7, 11) is 4.27. The number of carboxylic acid groups (broad SMARTS) is 1. The smallest absolute Gasteiger partial charge is 0.308 e. The fraction of sp³-hybridized carbons (Fsp3) is 0.938. The van der Waals surface area contributed by atoms with E-state index < -0.39 is 5.97 Å². The first-order valence-corrected chi connectivity index (χ1v) is 8.09. The van der Waals surface area contributed by atoms with Crippen molar-refractivity contribution >= 4 is 5.97 Å². The summed E-state index contributed by atoms with van der Waals surface area (Å²) in [6, 6.07) is 0.275. The van der Waals surface area contributed by atoms with Gasteiger partial charge in [-0.25, -0.2) is 0 Å². The molecule has 0 aromatic heterocycles. The number of piperidine rings is 1. The van der Waals surface area contributed by atoms with Gasteiger partial charge in [0.05, 0.1) is 5.92 Å². The lowest BCUT2D eigenvalue weighted by Crippen LogP contribution is -2.50. The van der Waals surface area contributed by atoms with Crippen LogP contribution >= 0.6 is 0 Å². The van der Waals surface area contributed by atoms with Gasteiger partial charge in [-0.1, -0.05) is 6.92 Å². The Morgan fingerprint density at radius 2 is 1.85 bits per heavy atom. The number of aliphatic carboxylic acids is 1. The number of nitrogens with zero attached hydrogens (tertiary/aromatic N) is 2. The molecule has 1 saturated heterocycles. The lowest BCUT2D eigenvalue weighted by Gasteiger charge is -2.43. The Balaban J connectivity index is 1.91. The molecule has 2 fully saturated rings. The largest absolute Gasteiger partial charge is 0.481 e. The molecule has 0 spiro atoms. The van der Waals surface area contributed by atoms with Crippen LogP contribution in [0.15, 0.2) is 0 Å². The molecule has 0 aromatic carbocycles. The van der Waals surface area contributed by atoms with Gasteiger partial charge in [0.25, 0.3) is 0 Å². The highest BCUT2D eigenvalue weighted by Gasteiger charge is 2.38. The molecule has 2 rings (SSSR count). The van der Waals surface area contributed by atoms with Crippen LogP contribution in [-0.2, 0) is 4.79 Å². The lowest BCUT2D eigenvalue weighted by molar-refractivity contribution is -0.146. The van der Waals surface area contributed by atoms with Crippen LogP contribution in [-0.4, -0.2) is 60.6 Å². The quantitative estimate of drug-likeness (QED) is 0.858. The van der Waals surface area contributed by atoms with Gasteiger partial charge in [-0.15, -0.1) is 0 Å². The second kappa shape index (κ2) is 6.90. The third-order valence-corrected chi connectivity index (χ3v) is 5.14. The van der Waals surface area contributed by atoms with Gasteiger partial charge in [0.1, 0.15) is 0 Å². The Bertz CT molecular complexity index is 324. The molecule has 0 amide bonds. The van der Waals surface area contributed by atoms with Crippen LogP contribution in [0.4, 0.5) is 0 Å². The third kappa shape index (κ3) is 3.95. The third-order valence-electron chi connectivity index (χ3n) is 5.14. The zero-order valence-corrected chi connectivity index (χ0v) is 13.2. The molecular formula is C16H30N2O2. The molecule has 2 aliphatic rings. The number of rotatable bonds is 4. The summed E-state index contributed by atoms with van der Waals surface area (Å²) in [5.74, 6) is 0.731. The van der Waals surface area contributed by atoms with E-state index in [1.165, 1.54) is 12.8 Å². The number of hydrogen-bond donors (Lipinski definition) is 1. The lowest BCUT2D eigenvalue weighted by atomic mass is 9.77. The normalized spacial score (nSPS) is 33.5. The first-order valence-electron chi connectivity index (χ1n) is 8.09. The topological polar surface area (TPSA) is 43.8 Å². The summed E-state index contributed by atoms with van der Waals surface area (Å²) < 4.78 is 0. The van der Waals surface area contributed by atoms with Crippen molar-refractivity contribution in [2.45, 2.75) is 45.1 Å². The molecule has 0 bridgehead atoms. The molecule has 1 aliphatic carbocycles.